The van der Waals surface area contributed by atoms with Crippen LogP contribution in [0.25, 0.3) is 0 Å². The highest BCUT2D eigenvalue weighted by molar-refractivity contribution is 6.35. The second-order valence-corrected chi connectivity index (χ2v) is 5.68. The van der Waals surface area contributed by atoms with Crippen LogP contribution in [0.2, 0.25) is 10.0 Å². The van der Waals surface area contributed by atoms with Gasteiger partial charge in [0.05, 0.1) is 0 Å². The maximum absolute atomic E-state index is 6.28. The summed E-state index contributed by atoms with van der Waals surface area (Å²) in [6.07, 6.45) is 1.88. The molecule has 0 bridgehead atoms. The molecule has 0 fully saturated rings. The minimum Gasteiger partial charge on any atom is -0.313 e. The minimum atomic E-state index is 0.254. The number of halogens is 2. The molecule has 0 spiro atoms. The summed E-state index contributed by atoms with van der Waals surface area (Å²) in [6, 6.07) is 14.5. The van der Waals surface area contributed by atoms with Crippen LogP contribution < -0.4 is 5.32 Å². The lowest BCUT2D eigenvalue weighted by Gasteiger charge is -2.20. The van der Waals surface area contributed by atoms with Crippen LogP contribution in [0.3, 0.4) is 0 Å². The third-order valence-corrected chi connectivity index (χ3v) is 4.19. The molecule has 0 aliphatic heterocycles. The largest absolute Gasteiger partial charge is 0.313 e. The molecular formula is C17H19Cl2N. The summed E-state index contributed by atoms with van der Waals surface area (Å²) >= 11 is 12.2. The zero-order chi connectivity index (χ0) is 14.5. The molecule has 1 nitrogen and oxygen atoms in total. The third-order valence-electron chi connectivity index (χ3n) is 3.60. The van der Waals surface area contributed by atoms with Gasteiger partial charge in [-0.2, -0.15) is 0 Å². The highest BCUT2D eigenvalue weighted by atomic mass is 35.5. The molecule has 1 unspecified atom stereocenters. The zero-order valence-corrected chi connectivity index (χ0v) is 13.3. The van der Waals surface area contributed by atoms with Crippen LogP contribution >= 0.6 is 23.2 Å². The molecule has 0 aliphatic carbocycles. The molecule has 0 heterocycles. The van der Waals surface area contributed by atoms with Gasteiger partial charge in [0.25, 0.3) is 0 Å². The molecule has 106 valence electrons. The number of hydrogen-bond acceptors (Lipinski definition) is 1. The maximum atomic E-state index is 6.28. The topological polar surface area (TPSA) is 12.0 Å². The summed E-state index contributed by atoms with van der Waals surface area (Å²) in [5.74, 6) is 0. The number of likely N-dealkylation sites (N-methyl/N-ethyl adjacent to an activating group) is 1. The van der Waals surface area contributed by atoms with Crippen molar-refractivity contribution in [1.82, 2.24) is 5.32 Å². The fraction of sp³-hybridized carbons (Fsp3) is 0.294. The quantitative estimate of drug-likeness (QED) is 0.814. The number of aryl methyl sites for hydroxylation is 1. The maximum Gasteiger partial charge on any atom is 0.0453 e. The van der Waals surface area contributed by atoms with Crippen LogP contribution in [0.4, 0.5) is 0 Å². The summed E-state index contributed by atoms with van der Waals surface area (Å²) in [6.45, 7) is 2.18. The molecule has 20 heavy (non-hydrogen) atoms. The van der Waals surface area contributed by atoms with E-state index in [0.717, 1.165) is 23.4 Å². The predicted molar refractivity (Wildman–Crippen MR) is 87.8 cm³/mol. The first-order valence-electron chi connectivity index (χ1n) is 6.84. The predicted octanol–water partition coefficient (Wildman–Crippen LogP) is 5.06. The Kier molecular flexibility index (Phi) is 5.47. The second-order valence-electron chi connectivity index (χ2n) is 4.83. The van der Waals surface area contributed by atoms with Gasteiger partial charge in [-0.3, -0.25) is 0 Å². The molecule has 3 heteroatoms. The van der Waals surface area contributed by atoms with Crippen molar-refractivity contribution in [3.8, 4) is 0 Å². The molecule has 1 atom stereocenters. The van der Waals surface area contributed by atoms with E-state index >= 15 is 0 Å². The highest BCUT2D eigenvalue weighted by Gasteiger charge is 2.14. The normalized spacial score (nSPS) is 12.4. The molecule has 1 N–H and O–H groups in total. The standard InChI is InChI=1S/C17H19Cl2N/c1-3-12-6-4-5-7-15(12)17(20-2)10-13-8-9-14(18)11-16(13)19/h4-9,11,17,20H,3,10H2,1-2H3. The van der Waals surface area contributed by atoms with E-state index in [9.17, 15) is 0 Å². The molecule has 0 saturated heterocycles. The van der Waals surface area contributed by atoms with Crippen molar-refractivity contribution in [3.63, 3.8) is 0 Å². The Morgan fingerprint density at radius 3 is 2.45 bits per heavy atom. The lowest BCUT2D eigenvalue weighted by atomic mass is 9.94. The molecule has 0 aliphatic rings. The number of benzene rings is 2. The molecule has 0 amide bonds. The van der Waals surface area contributed by atoms with E-state index in [4.69, 9.17) is 23.2 Å². The first kappa shape index (κ1) is 15.4. The van der Waals surface area contributed by atoms with E-state index in [2.05, 4.69) is 36.5 Å². The van der Waals surface area contributed by atoms with Crippen LogP contribution in [0.5, 0.6) is 0 Å². The van der Waals surface area contributed by atoms with Crippen molar-refractivity contribution >= 4 is 23.2 Å². The average Bonchev–Trinajstić information content (AvgIpc) is 2.46. The van der Waals surface area contributed by atoms with Crippen LogP contribution in [0, 0.1) is 0 Å². The Morgan fingerprint density at radius 2 is 1.80 bits per heavy atom. The molecule has 2 aromatic carbocycles. The van der Waals surface area contributed by atoms with Gasteiger partial charge in [-0.25, -0.2) is 0 Å². The van der Waals surface area contributed by atoms with Crippen molar-refractivity contribution in [1.29, 1.82) is 0 Å². The van der Waals surface area contributed by atoms with Gasteiger partial charge in [-0.1, -0.05) is 60.5 Å². The zero-order valence-electron chi connectivity index (χ0n) is 11.8. The van der Waals surface area contributed by atoms with E-state index in [1.165, 1.54) is 11.1 Å². The summed E-state index contributed by atoms with van der Waals surface area (Å²) in [5.41, 5.74) is 3.82. The van der Waals surface area contributed by atoms with Gasteiger partial charge in [0.15, 0.2) is 0 Å². The number of rotatable bonds is 5. The highest BCUT2D eigenvalue weighted by Crippen LogP contribution is 2.27. The van der Waals surface area contributed by atoms with Crippen LogP contribution in [0.1, 0.15) is 29.7 Å². The van der Waals surface area contributed by atoms with Gasteiger partial charge in [0, 0.05) is 16.1 Å². The lowest BCUT2D eigenvalue weighted by molar-refractivity contribution is 0.587. The lowest BCUT2D eigenvalue weighted by Crippen LogP contribution is -2.20. The summed E-state index contributed by atoms with van der Waals surface area (Å²) in [7, 11) is 1.99. The van der Waals surface area contributed by atoms with Crippen LogP contribution in [-0.4, -0.2) is 7.05 Å². The van der Waals surface area contributed by atoms with Crippen molar-refractivity contribution < 1.29 is 0 Å². The average molecular weight is 308 g/mol. The molecule has 2 rings (SSSR count). The first-order valence-corrected chi connectivity index (χ1v) is 7.60. The molecule has 2 aromatic rings. The van der Waals surface area contributed by atoms with E-state index in [0.29, 0.717) is 5.02 Å². The van der Waals surface area contributed by atoms with Gasteiger partial charge >= 0.3 is 0 Å². The summed E-state index contributed by atoms with van der Waals surface area (Å²) in [5, 5.41) is 4.79. The van der Waals surface area contributed by atoms with E-state index in [-0.39, 0.29) is 6.04 Å². The molecule has 0 radical (unpaired) electrons. The monoisotopic (exact) mass is 307 g/mol. The van der Waals surface area contributed by atoms with Gasteiger partial charge in [0.1, 0.15) is 0 Å². The minimum absolute atomic E-state index is 0.254. The van der Waals surface area contributed by atoms with Crippen molar-refractivity contribution in [2.75, 3.05) is 7.05 Å². The van der Waals surface area contributed by atoms with E-state index in [1.807, 2.05) is 19.2 Å². The molecule has 0 saturated carbocycles. The fourth-order valence-electron chi connectivity index (χ4n) is 2.47. The second kappa shape index (κ2) is 7.12. The van der Waals surface area contributed by atoms with E-state index in [1.54, 1.807) is 6.07 Å². The van der Waals surface area contributed by atoms with Crippen molar-refractivity contribution in [2.24, 2.45) is 0 Å². The van der Waals surface area contributed by atoms with E-state index < -0.39 is 0 Å². The Hall–Kier alpha value is -1.02. The molecule has 0 aromatic heterocycles. The third kappa shape index (κ3) is 3.54. The van der Waals surface area contributed by atoms with Crippen molar-refractivity contribution in [2.45, 2.75) is 25.8 Å². The SMILES string of the molecule is CCc1ccccc1C(Cc1ccc(Cl)cc1Cl)NC. The Labute approximate surface area is 130 Å². The Bertz CT molecular complexity index is 581. The number of hydrogen-bond donors (Lipinski definition) is 1. The van der Waals surface area contributed by atoms with Crippen LogP contribution in [-0.2, 0) is 12.8 Å². The van der Waals surface area contributed by atoms with Gasteiger partial charge < -0.3 is 5.32 Å². The fourth-order valence-corrected chi connectivity index (χ4v) is 2.96. The summed E-state index contributed by atoms with van der Waals surface area (Å²) in [4.78, 5) is 0. The Balaban J connectivity index is 2.29. The molecular weight excluding hydrogens is 289 g/mol. The van der Waals surface area contributed by atoms with Gasteiger partial charge in [-0.05, 0) is 48.7 Å². The van der Waals surface area contributed by atoms with Crippen molar-refractivity contribution in [3.05, 3.63) is 69.2 Å². The Morgan fingerprint density at radius 1 is 1.05 bits per heavy atom. The van der Waals surface area contributed by atoms with Gasteiger partial charge in [-0.15, -0.1) is 0 Å². The summed E-state index contributed by atoms with van der Waals surface area (Å²) < 4.78 is 0. The number of nitrogens with one attached hydrogen (secondary N) is 1. The first-order chi connectivity index (χ1) is 9.65. The van der Waals surface area contributed by atoms with Gasteiger partial charge in [0.2, 0.25) is 0 Å². The van der Waals surface area contributed by atoms with Crippen LogP contribution in [0.15, 0.2) is 42.5 Å². The smallest absolute Gasteiger partial charge is 0.0453 e.